The SMILES string of the molecule is OC(C=S)CSc1ccccn1. The fraction of sp³-hybridized carbons (Fsp3) is 0.250. The van der Waals surface area contributed by atoms with Crippen LogP contribution in [0.2, 0.25) is 0 Å². The third-order valence-electron chi connectivity index (χ3n) is 1.20. The van der Waals surface area contributed by atoms with Gasteiger partial charge in [0.05, 0.1) is 11.1 Å². The number of rotatable bonds is 4. The van der Waals surface area contributed by atoms with Crippen molar-refractivity contribution in [3.63, 3.8) is 0 Å². The van der Waals surface area contributed by atoms with Gasteiger partial charge in [-0.15, -0.1) is 11.8 Å². The number of aliphatic hydroxyl groups is 1. The Morgan fingerprint density at radius 2 is 2.50 bits per heavy atom. The number of nitrogens with zero attached hydrogens (tertiary/aromatic N) is 1. The van der Waals surface area contributed by atoms with E-state index in [1.54, 1.807) is 6.20 Å². The monoisotopic (exact) mass is 199 g/mol. The quantitative estimate of drug-likeness (QED) is 0.589. The lowest BCUT2D eigenvalue weighted by molar-refractivity contribution is 0.273. The molecule has 0 saturated carbocycles. The topological polar surface area (TPSA) is 33.1 Å². The Kier molecular flexibility index (Phi) is 4.21. The molecule has 1 aromatic rings. The van der Waals surface area contributed by atoms with Gasteiger partial charge in [0.15, 0.2) is 0 Å². The highest BCUT2D eigenvalue weighted by atomic mass is 32.2. The lowest BCUT2D eigenvalue weighted by Gasteiger charge is -2.02. The van der Waals surface area contributed by atoms with Crippen molar-refractivity contribution in [2.45, 2.75) is 11.1 Å². The third-order valence-corrected chi connectivity index (χ3v) is 2.56. The maximum Gasteiger partial charge on any atom is 0.0960 e. The normalized spacial score (nSPS) is 12.4. The molecule has 0 aromatic carbocycles. The van der Waals surface area contributed by atoms with Gasteiger partial charge in [0.25, 0.3) is 0 Å². The Hall–Kier alpha value is -0.450. The van der Waals surface area contributed by atoms with Crippen LogP contribution in [-0.2, 0) is 0 Å². The number of pyridine rings is 1. The van der Waals surface area contributed by atoms with Crippen molar-refractivity contribution in [1.29, 1.82) is 0 Å². The molecule has 0 spiro atoms. The van der Waals surface area contributed by atoms with Gasteiger partial charge in [0.1, 0.15) is 0 Å². The summed E-state index contributed by atoms with van der Waals surface area (Å²) in [5.41, 5.74) is 0. The summed E-state index contributed by atoms with van der Waals surface area (Å²) in [7, 11) is 0. The summed E-state index contributed by atoms with van der Waals surface area (Å²) in [5.74, 6) is 0.570. The van der Waals surface area contributed by atoms with Crippen molar-refractivity contribution >= 4 is 29.3 Å². The fourth-order valence-corrected chi connectivity index (χ4v) is 1.61. The van der Waals surface area contributed by atoms with Gasteiger partial charge in [-0.3, -0.25) is 0 Å². The molecule has 0 aliphatic rings. The molecule has 1 heterocycles. The summed E-state index contributed by atoms with van der Waals surface area (Å²) in [6, 6.07) is 5.68. The van der Waals surface area contributed by atoms with Crippen LogP contribution in [0.4, 0.5) is 0 Å². The molecule has 1 unspecified atom stereocenters. The molecule has 12 heavy (non-hydrogen) atoms. The van der Waals surface area contributed by atoms with E-state index in [1.807, 2.05) is 18.2 Å². The van der Waals surface area contributed by atoms with Crippen molar-refractivity contribution in [1.82, 2.24) is 4.98 Å². The van der Waals surface area contributed by atoms with Gasteiger partial charge >= 0.3 is 0 Å². The van der Waals surface area contributed by atoms with E-state index in [1.165, 1.54) is 17.1 Å². The molecule has 2 nitrogen and oxygen atoms in total. The van der Waals surface area contributed by atoms with Gasteiger partial charge in [0, 0.05) is 17.3 Å². The molecule has 0 saturated heterocycles. The van der Waals surface area contributed by atoms with Crippen LogP contribution < -0.4 is 0 Å². The van der Waals surface area contributed by atoms with Crippen LogP contribution in [0.25, 0.3) is 0 Å². The smallest absolute Gasteiger partial charge is 0.0960 e. The molecule has 1 aromatic heterocycles. The number of hydrogen-bond acceptors (Lipinski definition) is 4. The number of aliphatic hydroxyl groups excluding tert-OH is 1. The van der Waals surface area contributed by atoms with E-state index < -0.39 is 6.10 Å². The summed E-state index contributed by atoms with van der Waals surface area (Å²) in [6.07, 6.45) is 1.21. The van der Waals surface area contributed by atoms with Crippen molar-refractivity contribution in [3.8, 4) is 0 Å². The molecule has 1 rings (SSSR count). The third kappa shape index (κ3) is 3.30. The maximum atomic E-state index is 9.11. The highest BCUT2D eigenvalue weighted by Crippen LogP contribution is 2.14. The largest absolute Gasteiger partial charge is 0.387 e. The summed E-state index contributed by atoms with van der Waals surface area (Å²) in [6.45, 7) is 0. The molecule has 0 amide bonds. The van der Waals surface area contributed by atoms with Crippen LogP contribution in [0, 0.1) is 0 Å². The van der Waals surface area contributed by atoms with Gasteiger partial charge in [-0.1, -0.05) is 18.3 Å². The summed E-state index contributed by atoms with van der Waals surface area (Å²) in [5, 5.41) is 11.4. The Morgan fingerprint density at radius 1 is 1.67 bits per heavy atom. The summed E-state index contributed by atoms with van der Waals surface area (Å²) in [4.78, 5) is 4.09. The lowest BCUT2D eigenvalue weighted by Crippen LogP contribution is -2.09. The van der Waals surface area contributed by atoms with Crippen LogP contribution in [0.15, 0.2) is 29.4 Å². The van der Waals surface area contributed by atoms with Crippen LogP contribution in [-0.4, -0.2) is 27.3 Å². The second-order valence-corrected chi connectivity index (χ2v) is 3.49. The molecule has 0 fully saturated rings. The first-order chi connectivity index (χ1) is 5.83. The molecular weight excluding hydrogens is 190 g/mol. The van der Waals surface area contributed by atoms with E-state index in [2.05, 4.69) is 17.2 Å². The maximum absolute atomic E-state index is 9.11. The Balaban J connectivity index is 2.38. The zero-order valence-electron chi connectivity index (χ0n) is 6.38. The number of hydrogen-bond donors (Lipinski definition) is 1. The lowest BCUT2D eigenvalue weighted by atomic mass is 10.5. The predicted molar refractivity (Wildman–Crippen MR) is 54.6 cm³/mol. The van der Waals surface area contributed by atoms with Crippen molar-refractivity contribution in [2.24, 2.45) is 0 Å². The molecule has 1 atom stereocenters. The van der Waals surface area contributed by atoms with Crippen molar-refractivity contribution in [3.05, 3.63) is 24.4 Å². The summed E-state index contributed by atoms with van der Waals surface area (Å²) < 4.78 is 0. The molecule has 4 heteroatoms. The minimum absolute atomic E-state index is 0.521. The minimum Gasteiger partial charge on any atom is -0.387 e. The zero-order chi connectivity index (χ0) is 8.81. The Morgan fingerprint density at radius 3 is 3.08 bits per heavy atom. The van der Waals surface area contributed by atoms with Crippen LogP contribution in [0.5, 0.6) is 0 Å². The van der Waals surface area contributed by atoms with E-state index >= 15 is 0 Å². The highest BCUT2D eigenvalue weighted by molar-refractivity contribution is 7.99. The first kappa shape index (κ1) is 9.64. The molecule has 0 aliphatic heterocycles. The van der Waals surface area contributed by atoms with Crippen LogP contribution >= 0.6 is 24.0 Å². The Labute approximate surface area is 81.0 Å². The number of thiocarbonyl (C=S) groups is 1. The molecule has 1 N–H and O–H groups in total. The van der Waals surface area contributed by atoms with Crippen LogP contribution in [0.3, 0.4) is 0 Å². The summed E-state index contributed by atoms with van der Waals surface area (Å²) >= 11 is 6.08. The van der Waals surface area contributed by atoms with Crippen molar-refractivity contribution < 1.29 is 5.11 Å². The number of aromatic nitrogens is 1. The van der Waals surface area contributed by atoms with Gasteiger partial charge in [-0.2, -0.15) is 0 Å². The van der Waals surface area contributed by atoms with E-state index in [9.17, 15) is 0 Å². The van der Waals surface area contributed by atoms with E-state index in [0.717, 1.165) is 5.03 Å². The average molecular weight is 199 g/mol. The van der Waals surface area contributed by atoms with Crippen LogP contribution in [0.1, 0.15) is 0 Å². The molecule has 0 radical (unpaired) electrons. The molecule has 0 bridgehead atoms. The molecule has 64 valence electrons. The number of thioether (sulfide) groups is 1. The first-order valence-corrected chi connectivity index (χ1v) is 4.96. The highest BCUT2D eigenvalue weighted by Gasteiger charge is 2.00. The van der Waals surface area contributed by atoms with Crippen molar-refractivity contribution in [2.75, 3.05) is 5.75 Å². The predicted octanol–water partition coefficient (Wildman–Crippen LogP) is 1.53. The van der Waals surface area contributed by atoms with Gasteiger partial charge < -0.3 is 5.11 Å². The first-order valence-electron chi connectivity index (χ1n) is 3.50. The minimum atomic E-state index is -0.521. The van der Waals surface area contributed by atoms with Gasteiger partial charge in [-0.05, 0) is 12.1 Å². The molecular formula is C8H9NOS2. The van der Waals surface area contributed by atoms with E-state index in [4.69, 9.17) is 5.11 Å². The zero-order valence-corrected chi connectivity index (χ0v) is 8.02. The Bertz CT molecular complexity index is 240. The van der Waals surface area contributed by atoms with E-state index in [-0.39, 0.29) is 0 Å². The fourth-order valence-electron chi connectivity index (χ4n) is 0.643. The molecule has 0 aliphatic carbocycles. The second kappa shape index (κ2) is 5.24. The second-order valence-electron chi connectivity index (χ2n) is 2.18. The standard InChI is InChI=1S/C8H9NOS2/c10-7(5-11)6-12-8-3-1-2-4-9-8/h1-5,7,10H,6H2. The van der Waals surface area contributed by atoms with Gasteiger partial charge in [-0.25, -0.2) is 4.98 Å². The average Bonchev–Trinajstić information content (AvgIpc) is 2.16. The van der Waals surface area contributed by atoms with Gasteiger partial charge in [0.2, 0.25) is 0 Å². The van der Waals surface area contributed by atoms with E-state index in [0.29, 0.717) is 5.75 Å².